The number of hydrogen-bond acceptors (Lipinski definition) is 6. The van der Waals surface area contributed by atoms with Crippen molar-refractivity contribution in [3.05, 3.63) is 0 Å². The molecule has 3 N–H and O–H groups in total. The third-order valence-electron chi connectivity index (χ3n) is 8.79. The highest BCUT2D eigenvalue weighted by atomic mass is 32.2. The molecule has 0 aromatic heterocycles. The third-order valence-corrected chi connectivity index (χ3v) is 10.4. The number of nitrogens with zero attached hydrogens (tertiary/aromatic N) is 2. The number of hydrazine groups is 1. The fraction of sp³-hybridized carbons (Fsp3) is 0.879. The zero-order valence-electron chi connectivity index (χ0n) is 27.5. The molecule has 43 heavy (non-hydrogen) atoms. The second-order valence-electron chi connectivity index (χ2n) is 13.4. The van der Waals surface area contributed by atoms with Gasteiger partial charge in [-0.1, -0.05) is 66.7 Å². The molecule has 9 nitrogen and oxygen atoms in total. The summed E-state index contributed by atoms with van der Waals surface area (Å²) < 4.78 is 25.4. The Bertz CT molecular complexity index is 986. The van der Waals surface area contributed by atoms with E-state index in [1.165, 1.54) is 6.42 Å². The van der Waals surface area contributed by atoms with Gasteiger partial charge < -0.3 is 15.3 Å². The largest absolute Gasteiger partial charge is 0.390 e. The van der Waals surface area contributed by atoms with Gasteiger partial charge in [0.1, 0.15) is 0 Å². The highest BCUT2D eigenvalue weighted by Gasteiger charge is 2.38. The molecule has 2 aliphatic rings. The smallest absolute Gasteiger partial charge is 0.225 e. The number of aliphatic hydroxyl groups excluding tert-OH is 1. The topological polar surface area (TPSA) is 119 Å². The summed E-state index contributed by atoms with van der Waals surface area (Å²) in [4.78, 5) is 31.9. The molecule has 0 saturated heterocycles. The van der Waals surface area contributed by atoms with Gasteiger partial charge >= 0.3 is 0 Å². The van der Waals surface area contributed by atoms with E-state index >= 15 is 0 Å². The fourth-order valence-electron chi connectivity index (χ4n) is 6.87. The Hall–Kier alpha value is -1.67. The number of nitrogens with one attached hydrogen (secondary N) is 2. The molecule has 2 amide bonds. The minimum atomic E-state index is -3.56. The number of aliphatic hydroxyl groups is 1. The highest BCUT2D eigenvalue weighted by molar-refractivity contribution is 7.89. The Morgan fingerprint density at radius 2 is 1.56 bits per heavy atom. The average Bonchev–Trinajstić information content (AvgIpc) is 2.95. The quantitative estimate of drug-likeness (QED) is 0.154. The lowest BCUT2D eigenvalue weighted by molar-refractivity contribution is -0.139. The molecule has 0 aliphatic heterocycles. The zero-order valence-corrected chi connectivity index (χ0v) is 28.3. The normalized spacial score (nSPS) is 23.1. The van der Waals surface area contributed by atoms with Crippen LogP contribution in [0.2, 0.25) is 0 Å². The summed E-state index contributed by atoms with van der Waals surface area (Å²) in [7, 11) is -3.56. The number of amides is 2. The summed E-state index contributed by atoms with van der Waals surface area (Å²) in [6.45, 7) is 11.7. The number of carbonyl (C=O) groups is 2. The maximum Gasteiger partial charge on any atom is 0.225 e. The van der Waals surface area contributed by atoms with Crippen molar-refractivity contribution >= 4 is 21.8 Å². The lowest BCUT2D eigenvalue weighted by atomic mass is 9.74. The molecule has 0 aromatic carbocycles. The predicted octanol–water partition coefficient (Wildman–Crippen LogP) is 4.32. The predicted molar refractivity (Wildman–Crippen MR) is 173 cm³/mol. The van der Waals surface area contributed by atoms with Crippen LogP contribution < -0.4 is 10.1 Å². The van der Waals surface area contributed by atoms with Crippen LogP contribution in [0, 0.1) is 41.9 Å². The first-order chi connectivity index (χ1) is 20.4. The van der Waals surface area contributed by atoms with Crippen LogP contribution >= 0.6 is 0 Å². The summed E-state index contributed by atoms with van der Waals surface area (Å²) in [5.74, 6) is 2.24. The summed E-state index contributed by atoms with van der Waals surface area (Å²) in [5.41, 5.74) is 0. The van der Waals surface area contributed by atoms with Crippen molar-refractivity contribution in [2.75, 3.05) is 31.9 Å². The molecule has 10 heteroatoms. The van der Waals surface area contributed by atoms with Gasteiger partial charge in [-0.3, -0.25) is 9.59 Å². The van der Waals surface area contributed by atoms with E-state index in [0.29, 0.717) is 57.7 Å². The maximum atomic E-state index is 13.8. The molecular formula is C33H60N4O5S. The van der Waals surface area contributed by atoms with E-state index < -0.39 is 28.1 Å². The first-order valence-corrected chi connectivity index (χ1v) is 18.6. The molecule has 0 radical (unpaired) electrons. The summed E-state index contributed by atoms with van der Waals surface area (Å²) in [5, 5.41) is 16.3. The van der Waals surface area contributed by atoms with E-state index in [1.54, 1.807) is 5.01 Å². The van der Waals surface area contributed by atoms with Crippen molar-refractivity contribution in [1.29, 1.82) is 0 Å². The summed E-state index contributed by atoms with van der Waals surface area (Å²) >= 11 is 0. The SMILES string of the molecule is C#CC1CC(C(=O)NC(CC2CCCCC2)C(O)CN(CCC)NS(=O)(=O)CC(C)C)CC(C(=O)N(CCC)CCC)C1. The molecule has 2 fully saturated rings. The Morgan fingerprint density at radius 3 is 2.12 bits per heavy atom. The third kappa shape index (κ3) is 13.1. The van der Waals surface area contributed by atoms with Crippen molar-refractivity contribution in [3.8, 4) is 12.3 Å². The van der Waals surface area contributed by atoms with Crippen molar-refractivity contribution < 1.29 is 23.1 Å². The molecule has 0 heterocycles. The van der Waals surface area contributed by atoms with Crippen LogP contribution in [0.25, 0.3) is 0 Å². The van der Waals surface area contributed by atoms with Crippen LogP contribution in [0.3, 0.4) is 0 Å². The first kappa shape index (κ1) is 37.5. The Kier molecular flexibility index (Phi) is 16.6. The monoisotopic (exact) mass is 624 g/mol. The van der Waals surface area contributed by atoms with E-state index in [2.05, 4.69) is 29.9 Å². The Balaban J connectivity index is 2.21. The van der Waals surface area contributed by atoms with Crippen LogP contribution in [0.15, 0.2) is 0 Å². The standard InChI is InChI=1S/C33H60N4O5S/c1-7-16-36(17-8-2)33(40)29-20-26(10-4)19-28(22-29)32(39)34-30(21-27-14-12-11-13-15-27)31(38)23-37(18-9-3)35-43(41,42)24-25(5)6/h4,25-31,35,38H,7-9,11-24H2,1-3,5-6H3,(H,34,39). The molecule has 0 spiro atoms. The van der Waals surface area contributed by atoms with Crippen LogP contribution in [-0.4, -0.2) is 79.3 Å². The van der Waals surface area contributed by atoms with E-state index in [4.69, 9.17) is 6.42 Å². The molecule has 0 bridgehead atoms. The van der Waals surface area contributed by atoms with Crippen molar-refractivity contribution in [2.24, 2.45) is 29.6 Å². The van der Waals surface area contributed by atoms with Crippen LogP contribution in [-0.2, 0) is 19.6 Å². The van der Waals surface area contributed by atoms with E-state index in [-0.39, 0.29) is 41.9 Å². The number of rotatable bonds is 18. The molecular weight excluding hydrogens is 564 g/mol. The van der Waals surface area contributed by atoms with Gasteiger partial charge in [-0.25, -0.2) is 13.4 Å². The molecule has 2 aliphatic carbocycles. The number of terminal acetylenes is 1. The van der Waals surface area contributed by atoms with Gasteiger partial charge in [0, 0.05) is 43.9 Å². The minimum absolute atomic E-state index is 0.00258. The van der Waals surface area contributed by atoms with E-state index in [0.717, 1.165) is 38.5 Å². The number of sulfonamides is 1. The number of hydrogen-bond donors (Lipinski definition) is 3. The van der Waals surface area contributed by atoms with Gasteiger partial charge in [0.2, 0.25) is 21.8 Å². The van der Waals surface area contributed by atoms with Gasteiger partial charge in [-0.2, -0.15) is 0 Å². The summed E-state index contributed by atoms with van der Waals surface area (Å²) in [6, 6.07) is -0.526. The second-order valence-corrected chi connectivity index (χ2v) is 15.2. The van der Waals surface area contributed by atoms with Crippen LogP contribution in [0.1, 0.15) is 112 Å². The van der Waals surface area contributed by atoms with Gasteiger partial charge in [-0.15, -0.1) is 17.2 Å². The van der Waals surface area contributed by atoms with Gasteiger partial charge in [0.15, 0.2) is 0 Å². The van der Waals surface area contributed by atoms with Crippen molar-refractivity contribution in [1.82, 2.24) is 20.1 Å². The molecule has 5 unspecified atom stereocenters. The highest BCUT2D eigenvalue weighted by Crippen LogP contribution is 2.35. The lowest BCUT2D eigenvalue weighted by Gasteiger charge is -2.37. The average molecular weight is 625 g/mol. The lowest BCUT2D eigenvalue weighted by Crippen LogP contribution is -2.54. The fourth-order valence-corrected chi connectivity index (χ4v) is 8.38. The second kappa shape index (κ2) is 19.0. The molecule has 2 rings (SSSR count). The van der Waals surface area contributed by atoms with Crippen molar-refractivity contribution in [3.63, 3.8) is 0 Å². The van der Waals surface area contributed by atoms with Crippen molar-refractivity contribution in [2.45, 2.75) is 124 Å². The van der Waals surface area contributed by atoms with Crippen LogP contribution in [0.5, 0.6) is 0 Å². The van der Waals surface area contributed by atoms with E-state index in [9.17, 15) is 23.1 Å². The Morgan fingerprint density at radius 1 is 0.953 bits per heavy atom. The molecule has 5 atom stereocenters. The van der Waals surface area contributed by atoms with Gasteiger partial charge in [0.25, 0.3) is 0 Å². The van der Waals surface area contributed by atoms with Gasteiger partial charge in [0.05, 0.1) is 17.9 Å². The molecule has 248 valence electrons. The number of carbonyl (C=O) groups excluding carboxylic acids is 2. The van der Waals surface area contributed by atoms with Gasteiger partial charge in [-0.05, 0) is 56.8 Å². The summed E-state index contributed by atoms with van der Waals surface area (Å²) in [6.07, 6.45) is 15.2. The first-order valence-electron chi connectivity index (χ1n) is 16.9. The molecule has 0 aromatic rings. The van der Waals surface area contributed by atoms with Crippen LogP contribution in [0.4, 0.5) is 0 Å². The zero-order chi connectivity index (χ0) is 32.0. The maximum absolute atomic E-state index is 13.8. The van der Waals surface area contributed by atoms with E-state index in [1.807, 2.05) is 25.7 Å². The molecule has 2 saturated carbocycles. The minimum Gasteiger partial charge on any atom is -0.390 e. The Labute approximate surface area is 262 Å².